The third-order valence-electron chi connectivity index (χ3n) is 10.4. The molecule has 3 saturated carbocycles. The van der Waals surface area contributed by atoms with Crippen LogP contribution in [-0.2, 0) is 4.79 Å². The van der Waals surface area contributed by atoms with E-state index in [0.717, 1.165) is 42.4 Å². The Hall–Kier alpha value is -0.850. The van der Waals surface area contributed by atoms with E-state index < -0.39 is 0 Å². The van der Waals surface area contributed by atoms with Crippen molar-refractivity contribution in [3.63, 3.8) is 0 Å². The number of fused-ring (bicyclic) bond motifs is 5. The van der Waals surface area contributed by atoms with Gasteiger partial charge in [-0.1, -0.05) is 59.3 Å². The van der Waals surface area contributed by atoms with Gasteiger partial charge < -0.3 is 0 Å². The van der Waals surface area contributed by atoms with Crippen LogP contribution in [0.3, 0.4) is 0 Å². The number of carbonyl (C=O) groups is 1. The summed E-state index contributed by atoms with van der Waals surface area (Å²) in [5.41, 5.74) is 2.34. The Morgan fingerprint density at radius 3 is 2.41 bits per heavy atom. The zero-order chi connectivity index (χ0) is 21.0. The van der Waals surface area contributed by atoms with E-state index in [2.05, 4.69) is 53.7 Å². The monoisotopic (exact) mass is 396 g/mol. The van der Waals surface area contributed by atoms with Crippen LogP contribution < -0.4 is 0 Å². The molecule has 8 atom stereocenters. The summed E-state index contributed by atoms with van der Waals surface area (Å²) in [6.07, 6.45) is 17.2. The fraction of sp³-hybridized carbons (Fsp3) is 0.821. The fourth-order valence-corrected chi connectivity index (χ4v) is 8.17. The molecular weight excluding hydrogens is 352 g/mol. The standard InChI is InChI=1S/C28H44O/c1-18(2)19(3)7-8-20(4)24-11-12-25-23-10-9-21-17-22(29)13-15-27(21,5)26(23)14-16-28(24,25)6/h7-8,17-20,23-26H,9-16H2,1-6H3/t19-,20+,23-,24+,25-,26-,27-,28+/m0/s1. The van der Waals surface area contributed by atoms with Crippen molar-refractivity contribution in [3.8, 4) is 0 Å². The Kier molecular flexibility index (Phi) is 5.67. The lowest BCUT2D eigenvalue weighted by Crippen LogP contribution is -2.50. The zero-order valence-electron chi connectivity index (χ0n) is 19.8. The van der Waals surface area contributed by atoms with Crippen molar-refractivity contribution >= 4 is 5.78 Å². The van der Waals surface area contributed by atoms with Gasteiger partial charge in [-0.3, -0.25) is 4.79 Å². The predicted octanol–water partition coefficient (Wildman–Crippen LogP) is 7.62. The molecule has 1 nitrogen and oxygen atoms in total. The van der Waals surface area contributed by atoms with Crippen molar-refractivity contribution in [2.75, 3.05) is 0 Å². The van der Waals surface area contributed by atoms with Crippen LogP contribution in [0, 0.1) is 52.3 Å². The number of ketones is 1. The van der Waals surface area contributed by atoms with Gasteiger partial charge in [-0.25, -0.2) is 0 Å². The maximum atomic E-state index is 12.0. The minimum absolute atomic E-state index is 0.314. The molecule has 0 amide bonds. The van der Waals surface area contributed by atoms with Crippen LogP contribution in [0.1, 0.15) is 92.9 Å². The summed E-state index contributed by atoms with van der Waals surface area (Å²) in [7, 11) is 0. The highest BCUT2D eigenvalue weighted by Gasteiger charge is 2.59. The Morgan fingerprint density at radius 2 is 1.69 bits per heavy atom. The van der Waals surface area contributed by atoms with Crippen LogP contribution in [-0.4, -0.2) is 5.78 Å². The van der Waals surface area contributed by atoms with E-state index in [-0.39, 0.29) is 0 Å². The van der Waals surface area contributed by atoms with Gasteiger partial charge in [0.05, 0.1) is 0 Å². The van der Waals surface area contributed by atoms with Crippen LogP contribution in [0.25, 0.3) is 0 Å². The Balaban J connectivity index is 1.53. The second-order valence-electron chi connectivity index (χ2n) is 12.0. The van der Waals surface area contributed by atoms with Crippen molar-refractivity contribution in [3.05, 3.63) is 23.8 Å². The molecule has 0 aromatic rings. The van der Waals surface area contributed by atoms with Gasteiger partial charge in [0.2, 0.25) is 0 Å². The van der Waals surface area contributed by atoms with Gasteiger partial charge in [0.25, 0.3) is 0 Å². The first-order chi connectivity index (χ1) is 13.7. The molecule has 162 valence electrons. The van der Waals surface area contributed by atoms with Gasteiger partial charge in [-0.15, -0.1) is 0 Å². The Bertz CT molecular complexity index is 699. The minimum Gasteiger partial charge on any atom is -0.295 e. The maximum Gasteiger partial charge on any atom is 0.155 e. The van der Waals surface area contributed by atoms with Gasteiger partial charge >= 0.3 is 0 Å². The number of rotatable bonds is 4. The average molecular weight is 397 g/mol. The van der Waals surface area contributed by atoms with Crippen molar-refractivity contribution in [1.82, 2.24) is 0 Å². The molecule has 29 heavy (non-hydrogen) atoms. The zero-order valence-corrected chi connectivity index (χ0v) is 19.8. The normalized spacial score (nSPS) is 44.2. The van der Waals surface area contributed by atoms with Crippen LogP contribution in [0.15, 0.2) is 23.8 Å². The highest BCUT2D eigenvalue weighted by Crippen LogP contribution is 2.67. The molecule has 0 saturated heterocycles. The van der Waals surface area contributed by atoms with E-state index in [1.165, 1.54) is 44.1 Å². The Morgan fingerprint density at radius 1 is 0.931 bits per heavy atom. The summed E-state index contributed by atoms with van der Waals surface area (Å²) in [6.45, 7) is 14.7. The van der Waals surface area contributed by atoms with E-state index in [1.54, 1.807) is 0 Å². The number of hydrogen-bond donors (Lipinski definition) is 0. The summed E-state index contributed by atoms with van der Waals surface area (Å²) in [5, 5.41) is 0. The molecule has 0 unspecified atom stereocenters. The lowest BCUT2D eigenvalue weighted by atomic mass is 9.46. The topological polar surface area (TPSA) is 17.1 Å². The molecule has 0 radical (unpaired) electrons. The summed E-state index contributed by atoms with van der Waals surface area (Å²) < 4.78 is 0. The van der Waals surface area contributed by atoms with Gasteiger partial charge in [0.15, 0.2) is 5.78 Å². The lowest BCUT2D eigenvalue weighted by molar-refractivity contribution is -0.117. The molecule has 4 aliphatic carbocycles. The number of carbonyl (C=O) groups excluding carboxylic acids is 1. The van der Waals surface area contributed by atoms with Crippen LogP contribution in [0.2, 0.25) is 0 Å². The van der Waals surface area contributed by atoms with Crippen molar-refractivity contribution in [1.29, 1.82) is 0 Å². The highest BCUT2D eigenvalue weighted by atomic mass is 16.1. The molecule has 0 bridgehead atoms. The molecule has 4 rings (SSSR count). The van der Waals surface area contributed by atoms with Crippen LogP contribution >= 0.6 is 0 Å². The lowest BCUT2D eigenvalue weighted by Gasteiger charge is -2.58. The molecule has 0 aromatic heterocycles. The predicted molar refractivity (Wildman–Crippen MR) is 123 cm³/mol. The van der Waals surface area contributed by atoms with Gasteiger partial charge in [0, 0.05) is 6.42 Å². The Labute approximate surface area is 179 Å². The number of hydrogen-bond acceptors (Lipinski definition) is 1. The van der Waals surface area contributed by atoms with Gasteiger partial charge in [-0.05, 0) is 103 Å². The summed E-state index contributed by atoms with van der Waals surface area (Å²) in [4.78, 5) is 12.0. The second-order valence-corrected chi connectivity index (χ2v) is 12.0. The van der Waals surface area contributed by atoms with Gasteiger partial charge in [0.1, 0.15) is 0 Å². The van der Waals surface area contributed by atoms with Crippen LogP contribution in [0.5, 0.6) is 0 Å². The van der Waals surface area contributed by atoms with Crippen LogP contribution in [0.4, 0.5) is 0 Å². The maximum absolute atomic E-state index is 12.0. The first kappa shape index (κ1) is 21.4. The largest absolute Gasteiger partial charge is 0.295 e. The molecule has 3 fully saturated rings. The molecule has 0 heterocycles. The van der Waals surface area contributed by atoms with Crippen molar-refractivity contribution < 1.29 is 4.79 Å². The highest BCUT2D eigenvalue weighted by molar-refractivity contribution is 5.91. The van der Waals surface area contributed by atoms with Gasteiger partial charge in [-0.2, -0.15) is 0 Å². The quantitative estimate of drug-likeness (QED) is 0.447. The fourth-order valence-electron chi connectivity index (χ4n) is 8.17. The van der Waals surface area contributed by atoms with Crippen molar-refractivity contribution in [2.45, 2.75) is 92.9 Å². The molecule has 0 aromatic carbocycles. The molecule has 1 heteroatoms. The van der Waals surface area contributed by atoms with E-state index in [9.17, 15) is 4.79 Å². The molecule has 0 spiro atoms. The van der Waals surface area contributed by atoms with E-state index in [4.69, 9.17) is 0 Å². The molecule has 4 aliphatic rings. The summed E-state index contributed by atoms with van der Waals surface area (Å²) in [6, 6.07) is 0. The molecular formula is C28H44O. The SMILES string of the molecule is CC(C)[C@@H](C)C=C[C@@H](C)[C@H]1CC[C@H]2[C@@H]3CCC4=CC(=O)CC[C@]4(C)[C@H]3CC[C@]12C. The number of allylic oxidation sites excluding steroid dienone is 3. The molecule has 0 aliphatic heterocycles. The third-order valence-corrected chi connectivity index (χ3v) is 10.4. The van der Waals surface area contributed by atoms with E-state index in [0.29, 0.717) is 28.4 Å². The average Bonchev–Trinajstić information content (AvgIpc) is 3.03. The molecule has 0 N–H and O–H groups in total. The van der Waals surface area contributed by atoms with E-state index >= 15 is 0 Å². The third kappa shape index (κ3) is 3.49. The smallest absolute Gasteiger partial charge is 0.155 e. The second kappa shape index (κ2) is 7.69. The van der Waals surface area contributed by atoms with Crippen molar-refractivity contribution in [2.24, 2.45) is 52.3 Å². The van der Waals surface area contributed by atoms with E-state index in [1.807, 2.05) is 6.08 Å². The first-order valence-electron chi connectivity index (χ1n) is 12.6. The minimum atomic E-state index is 0.314. The first-order valence-corrected chi connectivity index (χ1v) is 12.6. The summed E-state index contributed by atoms with van der Waals surface area (Å²) >= 11 is 0. The summed E-state index contributed by atoms with van der Waals surface area (Å²) in [5.74, 6) is 5.95.